The van der Waals surface area contributed by atoms with E-state index in [1.54, 1.807) is 27.5 Å². The van der Waals surface area contributed by atoms with Crippen molar-refractivity contribution in [3.63, 3.8) is 0 Å². The lowest BCUT2D eigenvalue weighted by atomic mass is 9.93. The molecular weight excluding hydrogens is 570 g/mol. The summed E-state index contributed by atoms with van der Waals surface area (Å²) in [5, 5.41) is 2.67. The van der Waals surface area contributed by atoms with Crippen molar-refractivity contribution >= 4 is 35.4 Å². The predicted molar refractivity (Wildman–Crippen MR) is 150 cm³/mol. The number of pyridine rings is 1. The SMILES string of the molecule is COC(=O)OCOc1c2n(ccc1=O)N([C@@H]1c3ccccc3SCc3cccc(Cl)c31)[C@@H]1COC3(CC3)CN1C2=O. The minimum atomic E-state index is -0.967. The Bertz CT molecular complexity index is 1620. The Balaban J connectivity index is 1.44. The molecule has 12 heteroatoms. The molecule has 10 nitrogen and oxygen atoms in total. The van der Waals surface area contributed by atoms with Crippen LogP contribution in [-0.4, -0.2) is 60.5 Å². The number of methoxy groups -OCH3 is 1. The summed E-state index contributed by atoms with van der Waals surface area (Å²) < 4.78 is 23.1. The molecule has 1 aromatic heterocycles. The van der Waals surface area contributed by atoms with Crippen LogP contribution in [0.2, 0.25) is 5.02 Å². The number of amides is 1. The number of hydrogen-bond donors (Lipinski definition) is 0. The molecule has 1 aliphatic carbocycles. The molecule has 4 heterocycles. The number of thioether (sulfide) groups is 1. The maximum atomic E-state index is 14.2. The number of benzene rings is 2. The van der Waals surface area contributed by atoms with Crippen molar-refractivity contribution in [1.29, 1.82) is 0 Å². The minimum absolute atomic E-state index is 0.0444. The van der Waals surface area contributed by atoms with Crippen molar-refractivity contribution in [1.82, 2.24) is 9.58 Å². The Morgan fingerprint density at radius 3 is 2.78 bits per heavy atom. The number of carbonyl (C=O) groups is 2. The van der Waals surface area contributed by atoms with Gasteiger partial charge in [0.2, 0.25) is 18.0 Å². The zero-order chi connectivity index (χ0) is 28.3. The quantitative estimate of drug-likeness (QED) is 0.323. The van der Waals surface area contributed by atoms with Crippen LogP contribution in [0, 0.1) is 0 Å². The normalized spacial score (nSPS) is 21.7. The third-order valence-electron chi connectivity index (χ3n) is 8.04. The third kappa shape index (κ3) is 4.34. The summed E-state index contributed by atoms with van der Waals surface area (Å²) in [6.45, 7) is 0.0669. The highest BCUT2D eigenvalue weighted by Crippen LogP contribution is 2.49. The highest BCUT2D eigenvalue weighted by Gasteiger charge is 2.56. The van der Waals surface area contributed by atoms with Gasteiger partial charge in [-0.25, -0.2) is 4.79 Å². The lowest BCUT2D eigenvalue weighted by Gasteiger charge is -2.53. The maximum absolute atomic E-state index is 14.2. The van der Waals surface area contributed by atoms with Crippen molar-refractivity contribution in [2.75, 3.05) is 32.1 Å². The summed E-state index contributed by atoms with van der Waals surface area (Å²) in [4.78, 5) is 41.7. The number of hydrogen-bond acceptors (Lipinski definition) is 9. The molecule has 3 aliphatic heterocycles. The Morgan fingerprint density at radius 2 is 1.98 bits per heavy atom. The van der Waals surface area contributed by atoms with Gasteiger partial charge in [0.25, 0.3) is 5.91 Å². The van der Waals surface area contributed by atoms with Crippen LogP contribution in [0.3, 0.4) is 0 Å². The maximum Gasteiger partial charge on any atom is 0.510 e. The van der Waals surface area contributed by atoms with Gasteiger partial charge in [-0.1, -0.05) is 41.9 Å². The zero-order valence-corrected chi connectivity index (χ0v) is 23.7. The van der Waals surface area contributed by atoms with E-state index in [1.165, 1.54) is 13.2 Å². The molecular formula is C29H26ClN3O7S. The Labute approximate surface area is 244 Å². The van der Waals surface area contributed by atoms with E-state index in [-0.39, 0.29) is 29.6 Å². The molecule has 0 radical (unpaired) electrons. The summed E-state index contributed by atoms with van der Waals surface area (Å²) in [5.74, 6) is 0.152. The van der Waals surface area contributed by atoms with Crippen LogP contribution in [0.15, 0.2) is 64.4 Å². The average Bonchev–Trinajstić information content (AvgIpc) is 3.76. The van der Waals surface area contributed by atoms with E-state index in [9.17, 15) is 14.4 Å². The van der Waals surface area contributed by atoms with Crippen molar-refractivity contribution < 1.29 is 28.5 Å². The first-order valence-corrected chi connectivity index (χ1v) is 14.6. The third-order valence-corrected chi connectivity index (χ3v) is 9.51. The molecule has 7 rings (SSSR count). The fraction of sp³-hybridized carbons (Fsp3) is 0.345. The van der Waals surface area contributed by atoms with E-state index in [2.05, 4.69) is 27.9 Å². The van der Waals surface area contributed by atoms with E-state index in [1.807, 2.05) is 24.3 Å². The first kappa shape index (κ1) is 26.2. The van der Waals surface area contributed by atoms with Crippen LogP contribution in [0.4, 0.5) is 4.79 Å². The largest absolute Gasteiger partial charge is 0.510 e. The van der Waals surface area contributed by atoms with E-state index in [4.69, 9.17) is 25.8 Å². The molecule has 2 atom stereocenters. The predicted octanol–water partition coefficient (Wildman–Crippen LogP) is 4.30. The van der Waals surface area contributed by atoms with Crippen LogP contribution < -0.4 is 15.2 Å². The summed E-state index contributed by atoms with van der Waals surface area (Å²) >= 11 is 8.69. The van der Waals surface area contributed by atoms with Gasteiger partial charge >= 0.3 is 6.16 Å². The molecule has 3 aromatic rings. The minimum Gasteiger partial charge on any atom is -0.451 e. The molecule has 212 valence electrons. The van der Waals surface area contributed by atoms with Gasteiger partial charge < -0.3 is 23.8 Å². The van der Waals surface area contributed by atoms with Gasteiger partial charge in [-0.15, -0.1) is 11.8 Å². The molecule has 1 spiro atoms. The first-order valence-electron chi connectivity index (χ1n) is 13.2. The summed E-state index contributed by atoms with van der Waals surface area (Å²) in [7, 11) is 1.17. The van der Waals surface area contributed by atoms with Gasteiger partial charge in [-0.3, -0.25) is 19.3 Å². The first-order chi connectivity index (χ1) is 19.9. The molecule has 41 heavy (non-hydrogen) atoms. The molecule has 4 aliphatic rings. The van der Waals surface area contributed by atoms with Crippen LogP contribution in [-0.2, 0) is 20.0 Å². The van der Waals surface area contributed by atoms with Crippen molar-refractivity contribution in [2.24, 2.45) is 0 Å². The van der Waals surface area contributed by atoms with Crippen molar-refractivity contribution in [3.8, 4) is 5.75 Å². The van der Waals surface area contributed by atoms with Crippen LogP contribution in [0.25, 0.3) is 0 Å². The Hall–Kier alpha value is -3.67. The molecule has 0 unspecified atom stereocenters. The zero-order valence-electron chi connectivity index (χ0n) is 22.1. The Morgan fingerprint density at radius 1 is 1.15 bits per heavy atom. The van der Waals surface area contributed by atoms with E-state index in [0.717, 1.165) is 40.2 Å². The van der Waals surface area contributed by atoms with Gasteiger partial charge in [0.05, 0.1) is 25.9 Å². The van der Waals surface area contributed by atoms with Crippen molar-refractivity contribution in [3.05, 3.63) is 92.4 Å². The Kier molecular flexibility index (Phi) is 6.40. The topological polar surface area (TPSA) is 99.5 Å². The second-order valence-corrected chi connectivity index (χ2v) is 11.8. The van der Waals surface area contributed by atoms with Gasteiger partial charge in [0, 0.05) is 33.5 Å². The number of rotatable bonds is 4. The lowest BCUT2D eigenvalue weighted by molar-refractivity contribution is -0.0792. The van der Waals surface area contributed by atoms with Gasteiger partial charge in [-0.05, 0) is 36.1 Å². The smallest absolute Gasteiger partial charge is 0.451 e. The molecule has 0 bridgehead atoms. The highest BCUT2D eigenvalue weighted by atomic mass is 35.5. The fourth-order valence-electron chi connectivity index (χ4n) is 5.92. The monoisotopic (exact) mass is 595 g/mol. The number of halogens is 1. The summed E-state index contributed by atoms with van der Waals surface area (Å²) in [6, 6.07) is 14.9. The van der Waals surface area contributed by atoms with Gasteiger partial charge in [0.15, 0.2) is 5.69 Å². The van der Waals surface area contributed by atoms with Crippen LogP contribution in [0.1, 0.15) is 46.1 Å². The number of nitrogens with zero attached hydrogens (tertiary/aromatic N) is 3. The molecule has 2 aromatic carbocycles. The highest BCUT2D eigenvalue weighted by molar-refractivity contribution is 7.98. The number of fused-ring (bicyclic) bond motifs is 4. The van der Waals surface area contributed by atoms with Crippen LogP contribution >= 0.6 is 23.4 Å². The van der Waals surface area contributed by atoms with E-state index >= 15 is 0 Å². The second-order valence-electron chi connectivity index (χ2n) is 10.4. The average molecular weight is 596 g/mol. The molecule has 1 saturated heterocycles. The van der Waals surface area contributed by atoms with Gasteiger partial charge in [-0.2, -0.15) is 0 Å². The molecule has 1 amide bonds. The fourth-order valence-corrected chi connectivity index (χ4v) is 7.30. The van der Waals surface area contributed by atoms with Gasteiger partial charge in [0.1, 0.15) is 12.2 Å². The van der Waals surface area contributed by atoms with Crippen molar-refractivity contribution in [2.45, 2.75) is 41.3 Å². The number of carbonyl (C=O) groups excluding carboxylic acids is 2. The number of ether oxygens (including phenoxy) is 4. The van der Waals surface area contributed by atoms with E-state index in [0.29, 0.717) is 11.6 Å². The number of morpholine rings is 1. The summed E-state index contributed by atoms with van der Waals surface area (Å²) in [5.41, 5.74) is 2.18. The summed E-state index contributed by atoms with van der Waals surface area (Å²) in [6.07, 6.45) is 1.84. The number of aromatic nitrogens is 1. The second kappa shape index (κ2) is 10.0. The standard InChI is InChI=1S/C29H26ClN3O7S/c1-37-28(36)39-16-38-26-20(34)9-12-32-25(26)27(35)31-15-29(10-11-29)40-13-22(31)33(32)24-18-6-2-3-8-21(18)41-14-17-5-4-7-19(30)23(17)24/h2-9,12,22,24H,10-11,13-16H2,1H3/t22-,24-/m1/s1. The lowest BCUT2D eigenvalue weighted by Crippen LogP contribution is -2.68. The molecule has 0 N–H and O–H groups in total. The molecule has 2 fully saturated rings. The molecule has 1 saturated carbocycles. The van der Waals surface area contributed by atoms with E-state index < -0.39 is 30.6 Å². The van der Waals surface area contributed by atoms with Crippen LogP contribution in [0.5, 0.6) is 5.75 Å².